The fourth-order valence-electron chi connectivity index (χ4n) is 2.77. The second-order valence-electron chi connectivity index (χ2n) is 6.38. The first-order chi connectivity index (χ1) is 14.9. The lowest BCUT2D eigenvalue weighted by Gasteiger charge is -2.15. The first-order valence-corrected chi connectivity index (χ1v) is 11.1. The number of thioether (sulfide) groups is 1. The molecule has 0 aliphatic carbocycles. The molecular weight excluding hydrogens is 458 g/mol. The molecule has 0 N–H and O–H groups in total. The van der Waals surface area contributed by atoms with E-state index in [2.05, 4.69) is 0 Å². The Morgan fingerprint density at radius 2 is 1.87 bits per heavy atom. The smallest absolute Gasteiger partial charge is 0.265 e. The summed E-state index contributed by atoms with van der Waals surface area (Å²) in [6, 6.07) is 10.9. The largest absolute Gasteiger partial charge is 0.497 e. The predicted octanol–water partition coefficient (Wildman–Crippen LogP) is 5.04. The Morgan fingerprint density at radius 3 is 2.55 bits per heavy atom. The molecule has 0 aromatic heterocycles. The molecule has 1 saturated heterocycles. The van der Waals surface area contributed by atoms with E-state index in [1.54, 1.807) is 38.4 Å². The van der Waals surface area contributed by atoms with Gasteiger partial charge in [0.05, 0.1) is 23.6 Å². The monoisotopic (exact) mass is 479 g/mol. The Balaban J connectivity index is 1.70. The molecule has 1 fully saturated rings. The Hall–Kier alpha value is -2.42. The van der Waals surface area contributed by atoms with Crippen molar-refractivity contribution in [2.75, 3.05) is 34.0 Å². The maximum atomic E-state index is 12.3. The zero-order valence-electron chi connectivity index (χ0n) is 17.3. The summed E-state index contributed by atoms with van der Waals surface area (Å²) in [5.74, 6) is 2.19. The van der Waals surface area contributed by atoms with Gasteiger partial charge in [-0.05, 0) is 42.8 Å². The van der Waals surface area contributed by atoms with E-state index in [-0.39, 0.29) is 12.5 Å². The van der Waals surface area contributed by atoms with Crippen molar-refractivity contribution in [3.8, 4) is 23.0 Å². The SMILES string of the molecule is CCOc1cc(/C=C2/SC(=S)N(C)C2=O)cc(Cl)c1OCCOc1cccc(OC)c1. The minimum atomic E-state index is -0.140. The van der Waals surface area contributed by atoms with Gasteiger partial charge >= 0.3 is 0 Å². The van der Waals surface area contributed by atoms with Crippen LogP contribution in [-0.4, -0.2) is 49.1 Å². The van der Waals surface area contributed by atoms with E-state index < -0.39 is 0 Å². The Morgan fingerprint density at radius 1 is 1.13 bits per heavy atom. The summed E-state index contributed by atoms with van der Waals surface area (Å²) in [6.45, 7) is 2.90. The molecule has 0 radical (unpaired) electrons. The van der Waals surface area contributed by atoms with Crippen LogP contribution in [0.5, 0.6) is 23.0 Å². The van der Waals surface area contributed by atoms with Crippen molar-refractivity contribution >= 4 is 51.9 Å². The average Bonchev–Trinajstić information content (AvgIpc) is 2.99. The van der Waals surface area contributed by atoms with Crippen LogP contribution >= 0.6 is 35.6 Å². The lowest BCUT2D eigenvalue weighted by Crippen LogP contribution is -2.22. The zero-order valence-corrected chi connectivity index (χ0v) is 19.7. The number of hydrogen-bond acceptors (Lipinski definition) is 7. The van der Waals surface area contributed by atoms with Crippen molar-refractivity contribution in [3.05, 3.63) is 51.9 Å². The topological polar surface area (TPSA) is 57.2 Å². The number of methoxy groups -OCH3 is 1. The summed E-state index contributed by atoms with van der Waals surface area (Å²) in [7, 11) is 3.26. The number of amides is 1. The second-order valence-corrected chi connectivity index (χ2v) is 8.46. The fourth-order valence-corrected chi connectivity index (χ4v) is 4.22. The lowest BCUT2D eigenvalue weighted by molar-refractivity contribution is -0.121. The van der Waals surface area contributed by atoms with Gasteiger partial charge in [0.25, 0.3) is 5.91 Å². The van der Waals surface area contributed by atoms with E-state index in [4.69, 9.17) is 42.8 Å². The van der Waals surface area contributed by atoms with Crippen LogP contribution in [0, 0.1) is 0 Å². The van der Waals surface area contributed by atoms with Crippen LogP contribution in [0.3, 0.4) is 0 Å². The van der Waals surface area contributed by atoms with Gasteiger partial charge < -0.3 is 18.9 Å². The molecule has 2 aromatic rings. The molecule has 9 heteroatoms. The predicted molar refractivity (Wildman–Crippen MR) is 128 cm³/mol. The highest BCUT2D eigenvalue weighted by Gasteiger charge is 2.28. The molecule has 3 rings (SSSR count). The van der Waals surface area contributed by atoms with Gasteiger partial charge in [-0.1, -0.05) is 41.6 Å². The van der Waals surface area contributed by atoms with Crippen LogP contribution in [0.4, 0.5) is 0 Å². The molecule has 2 aromatic carbocycles. The first-order valence-electron chi connectivity index (χ1n) is 9.50. The summed E-state index contributed by atoms with van der Waals surface area (Å²) >= 11 is 12.9. The van der Waals surface area contributed by atoms with E-state index in [1.165, 1.54) is 16.7 Å². The summed E-state index contributed by atoms with van der Waals surface area (Å²) < 4.78 is 23.0. The zero-order chi connectivity index (χ0) is 22.4. The van der Waals surface area contributed by atoms with Gasteiger partial charge in [0, 0.05) is 13.1 Å². The van der Waals surface area contributed by atoms with Crippen molar-refractivity contribution in [3.63, 3.8) is 0 Å². The third-order valence-corrected chi connectivity index (χ3v) is 6.02. The summed E-state index contributed by atoms with van der Waals surface area (Å²) in [6.07, 6.45) is 1.74. The number of benzene rings is 2. The number of carbonyl (C=O) groups excluding carboxylic acids is 1. The molecular formula is C22H22ClNO5S2. The van der Waals surface area contributed by atoms with E-state index in [9.17, 15) is 4.79 Å². The number of thiocarbonyl (C=S) groups is 1. The minimum absolute atomic E-state index is 0.140. The van der Waals surface area contributed by atoms with Crippen LogP contribution in [0.15, 0.2) is 41.3 Å². The third kappa shape index (κ3) is 5.84. The lowest BCUT2D eigenvalue weighted by atomic mass is 10.1. The van der Waals surface area contributed by atoms with E-state index in [1.807, 2.05) is 25.1 Å². The number of ether oxygens (including phenoxy) is 4. The van der Waals surface area contributed by atoms with Crippen molar-refractivity contribution in [1.29, 1.82) is 0 Å². The maximum absolute atomic E-state index is 12.3. The van der Waals surface area contributed by atoms with Gasteiger partial charge in [0.2, 0.25) is 0 Å². The molecule has 0 bridgehead atoms. The molecule has 1 amide bonds. The van der Waals surface area contributed by atoms with E-state index >= 15 is 0 Å². The molecule has 6 nitrogen and oxygen atoms in total. The number of likely N-dealkylation sites (N-methyl/N-ethyl adjacent to an activating group) is 1. The minimum Gasteiger partial charge on any atom is -0.497 e. The van der Waals surface area contributed by atoms with Gasteiger partial charge in [-0.3, -0.25) is 9.69 Å². The molecule has 0 spiro atoms. The summed E-state index contributed by atoms with van der Waals surface area (Å²) in [4.78, 5) is 14.2. The molecule has 0 unspecified atom stereocenters. The molecule has 164 valence electrons. The van der Waals surface area contributed by atoms with E-state index in [0.29, 0.717) is 44.7 Å². The van der Waals surface area contributed by atoms with Crippen molar-refractivity contribution in [1.82, 2.24) is 4.90 Å². The van der Waals surface area contributed by atoms with Gasteiger partial charge in [-0.2, -0.15) is 0 Å². The third-order valence-electron chi connectivity index (χ3n) is 4.26. The number of hydrogen-bond donors (Lipinski definition) is 0. The summed E-state index contributed by atoms with van der Waals surface area (Å²) in [5.41, 5.74) is 0.724. The normalized spacial score (nSPS) is 14.8. The first kappa shape index (κ1) is 23.2. The molecule has 1 aliphatic heterocycles. The van der Waals surface area contributed by atoms with Gasteiger partial charge in [0.1, 0.15) is 29.0 Å². The van der Waals surface area contributed by atoms with Crippen LogP contribution in [0.1, 0.15) is 12.5 Å². The Bertz CT molecular complexity index is 1010. The Kier molecular flexibility index (Phi) is 8.06. The average molecular weight is 480 g/mol. The van der Waals surface area contributed by atoms with Crippen LogP contribution in [0.2, 0.25) is 5.02 Å². The fraction of sp³-hybridized carbons (Fsp3) is 0.273. The Labute approximate surface area is 196 Å². The maximum Gasteiger partial charge on any atom is 0.265 e. The standard InChI is InChI=1S/C22H22ClNO5S2/c1-4-27-18-11-14(12-19-21(25)24(2)22(30)31-19)10-17(23)20(18)29-9-8-28-16-7-5-6-15(13-16)26-3/h5-7,10-13H,4,8-9H2,1-3H3/b19-12+. The van der Waals surface area contributed by atoms with Crippen LogP contribution < -0.4 is 18.9 Å². The van der Waals surface area contributed by atoms with Gasteiger partial charge in [-0.25, -0.2) is 0 Å². The van der Waals surface area contributed by atoms with Crippen LogP contribution in [-0.2, 0) is 4.79 Å². The highest BCUT2D eigenvalue weighted by molar-refractivity contribution is 8.26. The number of halogens is 1. The summed E-state index contributed by atoms with van der Waals surface area (Å²) in [5, 5.41) is 0.380. The second kappa shape index (κ2) is 10.7. The van der Waals surface area contributed by atoms with Crippen molar-refractivity contribution in [2.45, 2.75) is 6.92 Å². The molecule has 1 aliphatic rings. The quantitative estimate of drug-likeness (QED) is 0.284. The molecule has 0 saturated carbocycles. The number of carbonyl (C=O) groups is 1. The van der Waals surface area contributed by atoms with Crippen LogP contribution in [0.25, 0.3) is 6.08 Å². The highest BCUT2D eigenvalue weighted by Crippen LogP contribution is 2.39. The molecule has 1 heterocycles. The van der Waals surface area contributed by atoms with Gasteiger partial charge in [-0.15, -0.1) is 0 Å². The van der Waals surface area contributed by atoms with Crippen molar-refractivity contribution < 1.29 is 23.7 Å². The highest BCUT2D eigenvalue weighted by atomic mass is 35.5. The van der Waals surface area contributed by atoms with Gasteiger partial charge in [0.15, 0.2) is 11.5 Å². The van der Waals surface area contributed by atoms with Crippen molar-refractivity contribution in [2.24, 2.45) is 0 Å². The number of nitrogens with zero attached hydrogens (tertiary/aromatic N) is 1. The number of rotatable bonds is 9. The molecule has 0 atom stereocenters. The van der Waals surface area contributed by atoms with E-state index in [0.717, 1.165) is 11.3 Å². The molecule has 31 heavy (non-hydrogen) atoms.